The quantitative estimate of drug-likeness (QED) is 0.123. The van der Waals surface area contributed by atoms with E-state index in [0.29, 0.717) is 22.5 Å². The molecular formula is C49H36N2O2. The number of ketones is 2. The van der Waals surface area contributed by atoms with E-state index in [0.717, 1.165) is 43.8 Å². The van der Waals surface area contributed by atoms with Crippen LogP contribution < -0.4 is 11.5 Å². The summed E-state index contributed by atoms with van der Waals surface area (Å²) in [5, 5.41) is 3.74. The van der Waals surface area contributed by atoms with Gasteiger partial charge in [-0.25, -0.2) is 0 Å². The van der Waals surface area contributed by atoms with Gasteiger partial charge in [0.15, 0.2) is 11.6 Å². The van der Waals surface area contributed by atoms with Crippen molar-refractivity contribution >= 4 is 44.5 Å². The zero-order valence-electron chi connectivity index (χ0n) is 29.1. The molecule has 0 atom stereocenters. The summed E-state index contributed by atoms with van der Waals surface area (Å²) in [4.78, 5) is 27.4. The fourth-order valence-corrected chi connectivity index (χ4v) is 8.42. The number of hydrogen-bond donors (Lipinski definition) is 2. The highest BCUT2D eigenvalue weighted by molar-refractivity contribution is 6.10. The maximum Gasteiger partial charge on any atom is 0.167 e. The summed E-state index contributed by atoms with van der Waals surface area (Å²) in [6.45, 7) is 0. The predicted molar refractivity (Wildman–Crippen MR) is 217 cm³/mol. The van der Waals surface area contributed by atoms with Crippen LogP contribution in [-0.4, -0.2) is 11.6 Å². The van der Waals surface area contributed by atoms with Gasteiger partial charge in [-0.1, -0.05) is 146 Å². The van der Waals surface area contributed by atoms with E-state index in [1.807, 2.05) is 72.8 Å². The Kier molecular flexibility index (Phi) is 7.74. The van der Waals surface area contributed by atoms with E-state index in [2.05, 4.69) is 97.1 Å². The van der Waals surface area contributed by atoms with Gasteiger partial charge in [-0.15, -0.1) is 0 Å². The van der Waals surface area contributed by atoms with Gasteiger partial charge in [0.25, 0.3) is 0 Å². The third kappa shape index (κ3) is 5.39. The fraction of sp³-hybridized carbons (Fsp3) is 0.0612. The molecule has 4 nitrogen and oxygen atoms in total. The molecule has 0 fully saturated rings. The normalized spacial score (nSPS) is 12.8. The van der Waals surface area contributed by atoms with Crippen molar-refractivity contribution in [3.63, 3.8) is 0 Å². The van der Waals surface area contributed by atoms with Crippen LogP contribution in [0.25, 0.3) is 32.7 Å². The van der Waals surface area contributed by atoms with Gasteiger partial charge in [0.2, 0.25) is 0 Å². The van der Waals surface area contributed by atoms with E-state index in [9.17, 15) is 9.59 Å². The summed E-state index contributed by atoms with van der Waals surface area (Å²) in [5.74, 6) is 0.134. The van der Waals surface area contributed by atoms with Crippen molar-refractivity contribution in [1.29, 1.82) is 0 Å². The van der Waals surface area contributed by atoms with E-state index in [1.54, 1.807) is 0 Å². The molecule has 4 heteroatoms. The zero-order chi connectivity index (χ0) is 36.1. The van der Waals surface area contributed by atoms with E-state index < -0.39 is 5.41 Å². The first kappa shape index (κ1) is 32.1. The van der Waals surface area contributed by atoms with Crippen LogP contribution >= 0.6 is 0 Å². The topological polar surface area (TPSA) is 86.2 Å². The lowest BCUT2D eigenvalue weighted by Gasteiger charge is -2.34. The molecule has 8 aromatic carbocycles. The lowest BCUT2D eigenvalue weighted by atomic mass is 9.67. The van der Waals surface area contributed by atoms with Crippen LogP contribution in [-0.2, 0) is 18.3 Å². The number of anilines is 2. The molecule has 0 saturated carbocycles. The van der Waals surface area contributed by atoms with Crippen molar-refractivity contribution < 1.29 is 9.59 Å². The average molecular weight is 685 g/mol. The van der Waals surface area contributed by atoms with Crippen LogP contribution in [0, 0.1) is 0 Å². The maximum atomic E-state index is 13.7. The van der Waals surface area contributed by atoms with E-state index in [-0.39, 0.29) is 24.4 Å². The van der Waals surface area contributed by atoms with Crippen LogP contribution in [0.1, 0.15) is 54.1 Å². The van der Waals surface area contributed by atoms with Gasteiger partial charge in [-0.05, 0) is 90.3 Å². The Labute approximate surface area is 308 Å². The highest BCUT2D eigenvalue weighted by Crippen LogP contribution is 2.56. The van der Waals surface area contributed by atoms with Gasteiger partial charge >= 0.3 is 0 Å². The number of Topliss-reactive ketones (excluding diaryl/α,β-unsaturated/α-hetero) is 2. The monoisotopic (exact) mass is 684 g/mol. The second kappa shape index (κ2) is 12.8. The van der Waals surface area contributed by atoms with Gasteiger partial charge in [-0.2, -0.15) is 0 Å². The Balaban J connectivity index is 1.08. The Morgan fingerprint density at radius 2 is 0.849 bits per heavy atom. The number of carbonyl (C=O) groups excluding carboxylic acids is 2. The molecule has 0 amide bonds. The van der Waals surface area contributed by atoms with Crippen LogP contribution in [0.4, 0.5) is 11.4 Å². The van der Waals surface area contributed by atoms with Crippen LogP contribution in [0.15, 0.2) is 170 Å². The molecule has 0 spiro atoms. The number of hydrogen-bond acceptors (Lipinski definition) is 4. The Bertz CT molecular complexity index is 2540. The summed E-state index contributed by atoms with van der Waals surface area (Å²) < 4.78 is 0. The summed E-state index contributed by atoms with van der Waals surface area (Å²) in [5.41, 5.74) is 23.2. The van der Waals surface area contributed by atoms with Crippen molar-refractivity contribution in [3.05, 3.63) is 214 Å². The molecule has 1 aliphatic carbocycles. The third-order valence-corrected chi connectivity index (χ3v) is 10.9. The molecule has 0 bridgehead atoms. The van der Waals surface area contributed by atoms with Crippen molar-refractivity contribution in [1.82, 2.24) is 0 Å². The second-order valence-corrected chi connectivity index (χ2v) is 14.0. The summed E-state index contributed by atoms with van der Waals surface area (Å²) >= 11 is 0. The van der Waals surface area contributed by atoms with E-state index in [4.69, 9.17) is 11.5 Å². The highest BCUT2D eigenvalue weighted by Gasteiger charge is 2.45. The van der Waals surface area contributed by atoms with E-state index in [1.165, 1.54) is 22.3 Å². The third-order valence-electron chi connectivity index (χ3n) is 10.9. The number of nitrogen functional groups attached to an aromatic ring is 2. The molecule has 0 aromatic heterocycles. The smallest absolute Gasteiger partial charge is 0.167 e. The minimum Gasteiger partial charge on any atom is -0.399 e. The molecule has 53 heavy (non-hydrogen) atoms. The molecule has 4 N–H and O–H groups in total. The largest absolute Gasteiger partial charge is 0.399 e. The van der Waals surface area contributed by atoms with Gasteiger partial charge in [0.05, 0.1) is 5.41 Å². The van der Waals surface area contributed by atoms with Gasteiger partial charge in [0.1, 0.15) is 0 Å². The number of rotatable bonds is 8. The molecule has 0 unspecified atom stereocenters. The molecule has 0 saturated heterocycles. The molecule has 0 radical (unpaired) electrons. The first-order chi connectivity index (χ1) is 25.9. The molecule has 8 aromatic rings. The van der Waals surface area contributed by atoms with Gasteiger partial charge < -0.3 is 11.5 Å². The lowest BCUT2D eigenvalue weighted by molar-refractivity contribution is 0.0986. The number of carbonyl (C=O) groups is 2. The lowest BCUT2D eigenvalue weighted by Crippen LogP contribution is -2.28. The second-order valence-electron chi connectivity index (χ2n) is 14.0. The minimum atomic E-state index is -0.594. The van der Waals surface area contributed by atoms with Gasteiger partial charge in [0, 0.05) is 35.3 Å². The van der Waals surface area contributed by atoms with Crippen molar-refractivity contribution in [2.45, 2.75) is 18.3 Å². The number of fused-ring (bicyclic) bond motifs is 5. The summed E-state index contributed by atoms with van der Waals surface area (Å²) in [6, 6.07) is 57.3. The Morgan fingerprint density at radius 3 is 1.28 bits per heavy atom. The minimum absolute atomic E-state index is 0.0668. The number of benzene rings is 8. The number of nitrogens with two attached hydrogens (primary N) is 2. The predicted octanol–water partition coefficient (Wildman–Crippen LogP) is 10.4. The van der Waals surface area contributed by atoms with Crippen LogP contribution in [0.5, 0.6) is 0 Å². The standard InChI is InChI=1S/C49H36N2O2/c50-37-23-25-39-33(29-37)7-5-11-43(39)47(52)27-31-15-19-35(20-16-31)49(45-13-3-1-9-41(45)42-10-2-4-14-46(42)49)36-21-17-32(18-22-36)28-48(53)44-12-6-8-34-30-38(51)24-26-40(34)44/h1-26,29-30H,27-28,50-51H2. The molecule has 0 heterocycles. The fourth-order valence-electron chi connectivity index (χ4n) is 8.42. The first-order valence-electron chi connectivity index (χ1n) is 17.9. The van der Waals surface area contributed by atoms with Gasteiger partial charge in [-0.3, -0.25) is 9.59 Å². The summed E-state index contributed by atoms with van der Waals surface area (Å²) in [6.07, 6.45) is 0.577. The Hall–Kier alpha value is -6.78. The SMILES string of the molecule is Nc1ccc2c(C(=O)Cc3ccc(C4(c5ccc(CC(=O)c6cccc7cc(N)ccc67)cc5)c5ccccc5-c5ccccc54)cc3)cccc2c1. The molecule has 9 rings (SSSR count). The molecule has 0 aliphatic heterocycles. The first-order valence-corrected chi connectivity index (χ1v) is 17.9. The van der Waals surface area contributed by atoms with Crippen molar-refractivity contribution in [2.75, 3.05) is 11.5 Å². The zero-order valence-corrected chi connectivity index (χ0v) is 29.1. The van der Waals surface area contributed by atoms with Crippen molar-refractivity contribution in [2.24, 2.45) is 0 Å². The molecule has 1 aliphatic rings. The van der Waals surface area contributed by atoms with Crippen LogP contribution in [0.2, 0.25) is 0 Å². The summed E-state index contributed by atoms with van der Waals surface area (Å²) in [7, 11) is 0. The molecular weight excluding hydrogens is 649 g/mol. The molecule has 254 valence electrons. The maximum absolute atomic E-state index is 13.7. The van der Waals surface area contributed by atoms with Crippen molar-refractivity contribution in [3.8, 4) is 11.1 Å². The highest BCUT2D eigenvalue weighted by atomic mass is 16.1. The van der Waals surface area contributed by atoms with E-state index >= 15 is 0 Å². The average Bonchev–Trinajstić information content (AvgIpc) is 3.49. The van der Waals surface area contributed by atoms with Crippen LogP contribution in [0.3, 0.4) is 0 Å². The Morgan fingerprint density at radius 1 is 0.434 bits per heavy atom.